The molecule has 2 atom stereocenters. The summed E-state index contributed by atoms with van der Waals surface area (Å²) in [6, 6.07) is 14.6. The third kappa shape index (κ3) is 7.62. The average Bonchev–Trinajstić information content (AvgIpc) is 2.70. The molecule has 1 N–H and O–H groups in total. The maximum atomic E-state index is 13.0. The SMILES string of the molecule is CC[C@@H](C)NC(=O)[C@@H](C)N(Cc1cccc(Br)c1)C(=O)COc1ccc(I)cc1. The van der Waals surface area contributed by atoms with Crippen LogP contribution in [0.3, 0.4) is 0 Å². The Bertz CT molecular complexity index is 829. The molecule has 0 aliphatic heterocycles. The van der Waals surface area contributed by atoms with Crippen LogP contribution in [-0.4, -0.2) is 35.4 Å². The van der Waals surface area contributed by atoms with Crippen molar-refractivity contribution in [2.24, 2.45) is 0 Å². The minimum Gasteiger partial charge on any atom is -0.484 e. The molecule has 0 radical (unpaired) electrons. The molecular weight excluding hydrogens is 547 g/mol. The maximum Gasteiger partial charge on any atom is 0.261 e. The Hall–Kier alpha value is -1.61. The van der Waals surface area contributed by atoms with Crippen molar-refractivity contribution in [2.45, 2.75) is 45.8 Å². The summed E-state index contributed by atoms with van der Waals surface area (Å²) in [6.07, 6.45) is 0.827. The van der Waals surface area contributed by atoms with Gasteiger partial charge in [0.15, 0.2) is 6.61 Å². The highest BCUT2D eigenvalue weighted by molar-refractivity contribution is 14.1. The number of hydrogen-bond acceptors (Lipinski definition) is 3. The van der Waals surface area contributed by atoms with Crippen LogP contribution in [0.4, 0.5) is 0 Å². The monoisotopic (exact) mass is 572 g/mol. The van der Waals surface area contributed by atoms with Crippen LogP contribution in [0.15, 0.2) is 53.0 Å². The summed E-state index contributed by atoms with van der Waals surface area (Å²) < 4.78 is 7.68. The van der Waals surface area contributed by atoms with Gasteiger partial charge in [-0.25, -0.2) is 0 Å². The highest BCUT2D eigenvalue weighted by Gasteiger charge is 2.27. The largest absolute Gasteiger partial charge is 0.484 e. The van der Waals surface area contributed by atoms with Crippen molar-refractivity contribution in [3.05, 3.63) is 62.1 Å². The van der Waals surface area contributed by atoms with E-state index >= 15 is 0 Å². The van der Waals surface area contributed by atoms with Crippen LogP contribution in [-0.2, 0) is 16.1 Å². The van der Waals surface area contributed by atoms with Crippen LogP contribution in [0.1, 0.15) is 32.8 Å². The second kappa shape index (κ2) is 11.5. The zero-order valence-corrected chi connectivity index (χ0v) is 20.6. The molecule has 0 saturated heterocycles. The van der Waals surface area contributed by atoms with Crippen LogP contribution >= 0.6 is 38.5 Å². The van der Waals surface area contributed by atoms with Crippen LogP contribution in [0.5, 0.6) is 5.75 Å². The van der Waals surface area contributed by atoms with E-state index in [1.165, 1.54) is 0 Å². The lowest BCUT2D eigenvalue weighted by Crippen LogP contribution is -2.50. The number of amides is 2. The van der Waals surface area contributed by atoms with Crippen molar-refractivity contribution < 1.29 is 14.3 Å². The zero-order chi connectivity index (χ0) is 21.4. The molecular formula is C22H26BrIN2O3. The summed E-state index contributed by atoms with van der Waals surface area (Å²) in [4.78, 5) is 27.2. The first kappa shape index (κ1) is 23.7. The van der Waals surface area contributed by atoms with Gasteiger partial charge < -0.3 is 15.0 Å². The van der Waals surface area contributed by atoms with E-state index in [0.29, 0.717) is 12.3 Å². The summed E-state index contributed by atoms with van der Waals surface area (Å²) in [5, 5.41) is 2.96. The minimum absolute atomic E-state index is 0.0517. The predicted octanol–water partition coefficient (Wildman–Crippen LogP) is 4.76. The fraction of sp³-hybridized carbons (Fsp3) is 0.364. The molecule has 29 heavy (non-hydrogen) atoms. The fourth-order valence-electron chi connectivity index (χ4n) is 2.64. The Balaban J connectivity index is 2.14. The van der Waals surface area contributed by atoms with Gasteiger partial charge in [0.25, 0.3) is 5.91 Å². The van der Waals surface area contributed by atoms with Gasteiger partial charge in [0.2, 0.25) is 5.91 Å². The molecule has 7 heteroatoms. The lowest BCUT2D eigenvalue weighted by Gasteiger charge is -2.29. The van der Waals surface area contributed by atoms with Crippen LogP contribution < -0.4 is 10.1 Å². The molecule has 0 bridgehead atoms. The molecule has 2 rings (SSSR count). The van der Waals surface area contributed by atoms with E-state index in [-0.39, 0.29) is 24.5 Å². The molecule has 0 aromatic heterocycles. The molecule has 2 amide bonds. The Morgan fingerprint density at radius 1 is 1.17 bits per heavy atom. The van der Waals surface area contributed by atoms with Gasteiger partial charge in [-0.05, 0) is 84.8 Å². The lowest BCUT2D eigenvalue weighted by atomic mass is 10.1. The molecule has 0 aliphatic carbocycles. The van der Waals surface area contributed by atoms with Gasteiger partial charge in [-0.3, -0.25) is 9.59 Å². The van der Waals surface area contributed by atoms with Crippen molar-refractivity contribution in [3.63, 3.8) is 0 Å². The second-order valence-electron chi connectivity index (χ2n) is 6.89. The van der Waals surface area contributed by atoms with Gasteiger partial charge in [-0.1, -0.05) is 35.0 Å². The first-order valence-corrected chi connectivity index (χ1v) is 11.4. The number of rotatable bonds is 9. The van der Waals surface area contributed by atoms with Gasteiger partial charge in [-0.2, -0.15) is 0 Å². The first-order chi connectivity index (χ1) is 13.8. The maximum absolute atomic E-state index is 13.0. The number of hydrogen-bond donors (Lipinski definition) is 1. The molecule has 0 fully saturated rings. The number of benzene rings is 2. The van der Waals surface area contributed by atoms with Crippen molar-refractivity contribution in [2.75, 3.05) is 6.61 Å². The number of ether oxygens (including phenoxy) is 1. The number of carbonyl (C=O) groups excluding carboxylic acids is 2. The van der Waals surface area contributed by atoms with Gasteiger partial charge in [-0.15, -0.1) is 0 Å². The zero-order valence-electron chi connectivity index (χ0n) is 16.8. The van der Waals surface area contributed by atoms with E-state index in [1.54, 1.807) is 11.8 Å². The van der Waals surface area contributed by atoms with E-state index in [0.717, 1.165) is 20.0 Å². The molecule has 0 unspecified atom stereocenters. The average molecular weight is 573 g/mol. The standard InChI is InChI=1S/C22H26BrIN2O3/c1-4-15(2)25-22(28)16(3)26(13-17-6-5-7-18(23)12-17)21(27)14-29-20-10-8-19(24)9-11-20/h5-12,15-16H,4,13-14H2,1-3H3,(H,25,28)/t15-,16-/m1/s1. The van der Waals surface area contributed by atoms with E-state index in [4.69, 9.17) is 4.74 Å². The van der Waals surface area contributed by atoms with Crippen LogP contribution in [0.25, 0.3) is 0 Å². The van der Waals surface area contributed by atoms with Gasteiger partial charge in [0.1, 0.15) is 11.8 Å². The lowest BCUT2D eigenvalue weighted by molar-refractivity contribution is -0.142. The summed E-state index contributed by atoms with van der Waals surface area (Å²) in [7, 11) is 0. The molecule has 2 aromatic rings. The van der Waals surface area contributed by atoms with Gasteiger partial charge in [0, 0.05) is 20.6 Å². The van der Waals surface area contributed by atoms with E-state index in [9.17, 15) is 9.59 Å². The summed E-state index contributed by atoms with van der Waals surface area (Å²) in [5.74, 6) is 0.213. The fourth-order valence-corrected chi connectivity index (χ4v) is 3.45. The van der Waals surface area contributed by atoms with Crippen molar-refractivity contribution in [1.29, 1.82) is 0 Å². The summed E-state index contributed by atoms with van der Waals surface area (Å²) in [5.41, 5.74) is 0.935. The molecule has 0 spiro atoms. The molecule has 0 saturated carbocycles. The molecule has 156 valence electrons. The number of nitrogens with one attached hydrogen (secondary N) is 1. The normalized spacial score (nSPS) is 12.7. The van der Waals surface area contributed by atoms with Gasteiger partial charge in [0.05, 0.1) is 0 Å². The van der Waals surface area contributed by atoms with Crippen LogP contribution in [0.2, 0.25) is 0 Å². The summed E-state index contributed by atoms with van der Waals surface area (Å²) >= 11 is 5.67. The molecule has 0 aliphatic rings. The molecule has 0 heterocycles. The number of carbonyl (C=O) groups is 2. The third-order valence-electron chi connectivity index (χ3n) is 4.59. The summed E-state index contributed by atoms with van der Waals surface area (Å²) in [6.45, 7) is 5.90. The number of nitrogens with zero attached hydrogens (tertiary/aromatic N) is 1. The Morgan fingerprint density at radius 3 is 2.48 bits per heavy atom. The Kier molecular flexibility index (Phi) is 9.42. The van der Waals surface area contributed by atoms with Crippen LogP contribution in [0, 0.1) is 3.57 Å². The van der Waals surface area contributed by atoms with E-state index in [1.807, 2.05) is 62.4 Å². The second-order valence-corrected chi connectivity index (χ2v) is 9.05. The van der Waals surface area contributed by atoms with E-state index in [2.05, 4.69) is 43.8 Å². The van der Waals surface area contributed by atoms with Crippen molar-refractivity contribution in [3.8, 4) is 5.75 Å². The number of halogens is 2. The molecule has 2 aromatic carbocycles. The Morgan fingerprint density at radius 2 is 1.86 bits per heavy atom. The quantitative estimate of drug-likeness (QED) is 0.441. The smallest absolute Gasteiger partial charge is 0.261 e. The van der Waals surface area contributed by atoms with Crippen molar-refractivity contribution >= 4 is 50.3 Å². The van der Waals surface area contributed by atoms with Crippen molar-refractivity contribution in [1.82, 2.24) is 10.2 Å². The third-order valence-corrected chi connectivity index (χ3v) is 5.80. The topological polar surface area (TPSA) is 58.6 Å². The van der Waals surface area contributed by atoms with E-state index < -0.39 is 6.04 Å². The highest BCUT2D eigenvalue weighted by Crippen LogP contribution is 2.17. The minimum atomic E-state index is -0.615. The molecule has 5 nitrogen and oxygen atoms in total. The van der Waals surface area contributed by atoms with Gasteiger partial charge >= 0.3 is 0 Å². The Labute approximate surface area is 194 Å². The first-order valence-electron chi connectivity index (χ1n) is 9.52. The highest BCUT2D eigenvalue weighted by atomic mass is 127. The predicted molar refractivity (Wildman–Crippen MR) is 127 cm³/mol.